The second-order valence-electron chi connectivity index (χ2n) is 4.82. The van der Waals surface area contributed by atoms with Crippen molar-refractivity contribution in [3.63, 3.8) is 0 Å². The van der Waals surface area contributed by atoms with Crippen molar-refractivity contribution < 1.29 is 9.59 Å². The van der Waals surface area contributed by atoms with Crippen LogP contribution < -0.4 is 5.32 Å². The maximum atomic E-state index is 12.3. The molecule has 0 radical (unpaired) electrons. The lowest BCUT2D eigenvalue weighted by atomic mass is 10.0. The number of amides is 1. The summed E-state index contributed by atoms with van der Waals surface area (Å²) in [5.74, 6) is -0.118. The smallest absolute Gasteiger partial charge is 0.271 e. The Morgan fingerprint density at radius 2 is 2.24 bits per heavy atom. The minimum absolute atomic E-state index is 0.125. The van der Waals surface area contributed by atoms with Gasteiger partial charge in [0.1, 0.15) is 4.88 Å². The molecular formula is C13H14N4O2S2. The van der Waals surface area contributed by atoms with Gasteiger partial charge in [-0.1, -0.05) is 29.2 Å². The molecule has 0 aliphatic heterocycles. The summed E-state index contributed by atoms with van der Waals surface area (Å²) < 4.78 is 3.84. The largest absolute Gasteiger partial charge is 0.297 e. The Morgan fingerprint density at radius 3 is 3.00 bits per heavy atom. The van der Waals surface area contributed by atoms with E-state index in [0.717, 1.165) is 48.6 Å². The lowest BCUT2D eigenvalue weighted by molar-refractivity contribution is 0.0975. The van der Waals surface area contributed by atoms with Gasteiger partial charge in [0.2, 0.25) is 0 Å². The van der Waals surface area contributed by atoms with Crippen molar-refractivity contribution in [2.75, 3.05) is 5.32 Å². The van der Waals surface area contributed by atoms with Gasteiger partial charge in [-0.2, -0.15) is 0 Å². The highest BCUT2D eigenvalue weighted by atomic mass is 32.1. The summed E-state index contributed by atoms with van der Waals surface area (Å²) in [5.41, 5.74) is 1.53. The first-order chi connectivity index (χ1) is 10.2. The highest BCUT2D eigenvalue weighted by Gasteiger charge is 2.24. The van der Waals surface area contributed by atoms with Crippen LogP contribution >= 0.6 is 22.9 Å². The predicted octanol–water partition coefficient (Wildman–Crippen LogP) is 2.72. The summed E-state index contributed by atoms with van der Waals surface area (Å²) in [4.78, 5) is 29.6. The predicted molar refractivity (Wildman–Crippen MR) is 81.2 cm³/mol. The Kier molecular flexibility index (Phi) is 4.07. The molecule has 0 saturated carbocycles. The zero-order valence-corrected chi connectivity index (χ0v) is 13.1. The Labute approximate surface area is 129 Å². The van der Waals surface area contributed by atoms with E-state index >= 15 is 0 Å². The van der Waals surface area contributed by atoms with Crippen LogP contribution in [0.25, 0.3) is 0 Å². The molecule has 0 spiro atoms. The molecule has 0 aromatic carbocycles. The molecule has 1 amide bonds. The van der Waals surface area contributed by atoms with Gasteiger partial charge in [-0.05, 0) is 30.8 Å². The van der Waals surface area contributed by atoms with Crippen molar-refractivity contribution in [1.29, 1.82) is 0 Å². The molecule has 21 heavy (non-hydrogen) atoms. The number of fused-ring (bicyclic) bond motifs is 1. The SMILES string of the molecule is CCCc1nnsc1C(=O)Nc1nc2c(s1)C(=O)CCC2. The van der Waals surface area contributed by atoms with Gasteiger partial charge in [-0.15, -0.1) is 5.10 Å². The van der Waals surface area contributed by atoms with Gasteiger partial charge in [-0.3, -0.25) is 14.9 Å². The van der Waals surface area contributed by atoms with Crippen LogP contribution in [0.2, 0.25) is 0 Å². The van der Waals surface area contributed by atoms with Crippen LogP contribution in [0.1, 0.15) is 56.9 Å². The molecule has 0 saturated heterocycles. The average Bonchev–Trinajstić information content (AvgIpc) is 3.06. The van der Waals surface area contributed by atoms with Gasteiger partial charge in [0.25, 0.3) is 5.91 Å². The zero-order valence-electron chi connectivity index (χ0n) is 11.5. The van der Waals surface area contributed by atoms with Crippen LogP contribution in [0.5, 0.6) is 0 Å². The molecule has 1 aliphatic rings. The third-order valence-corrected chi connectivity index (χ3v) is 5.06. The number of rotatable bonds is 4. The fraction of sp³-hybridized carbons (Fsp3) is 0.462. The minimum Gasteiger partial charge on any atom is -0.297 e. The van der Waals surface area contributed by atoms with E-state index in [4.69, 9.17) is 0 Å². The van der Waals surface area contributed by atoms with Gasteiger partial charge >= 0.3 is 0 Å². The molecule has 0 unspecified atom stereocenters. The van der Waals surface area contributed by atoms with Gasteiger partial charge in [0.15, 0.2) is 10.9 Å². The molecule has 0 fully saturated rings. The third-order valence-electron chi connectivity index (χ3n) is 3.24. The standard InChI is InChI=1S/C13H14N4O2S2/c1-2-4-8-11(21-17-16-8)12(19)15-13-14-7-5-3-6-9(18)10(7)20-13/h2-6H2,1H3,(H,14,15,19). The summed E-state index contributed by atoms with van der Waals surface area (Å²) in [6, 6.07) is 0. The number of hydrogen-bond acceptors (Lipinski definition) is 7. The fourth-order valence-corrected chi connectivity index (χ4v) is 3.84. The first-order valence-electron chi connectivity index (χ1n) is 6.84. The average molecular weight is 322 g/mol. The second kappa shape index (κ2) is 5.98. The molecule has 8 heteroatoms. The van der Waals surface area contributed by atoms with Crippen LogP contribution in [0, 0.1) is 0 Å². The monoisotopic (exact) mass is 322 g/mol. The lowest BCUT2D eigenvalue weighted by Crippen LogP contribution is -2.12. The highest BCUT2D eigenvalue weighted by Crippen LogP contribution is 2.30. The summed E-state index contributed by atoms with van der Waals surface area (Å²) in [5, 5.41) is 7.23. The molecule has 2 heterocycles. The van der Waals surface area contributed by atoms with Crippen LogP contribution in [-0.4, -0.2) is 26.3 Å². The van der Waals surface area contributed by atoms with Gasteiger partial charge in [-0.25, -0.2) is 4.98 Å². The van der Waals surface area contributed by atoms with E-state index in [9.17, 15) is 9.59 Å². The van der Waals surface area contributed by atoms with E-state index in [1.54, 1.807) is 0 Å². The quantitative estimate of drug-likeness (QED) is 0.935. The van der Waals surface area contributed by atoms with Crippen molar-refractivity contribution in [3.05, 3.63) is 21.1 Å². The minimum atomic E-state index is -0.244. The Balaban J connectivity index is 1.79. The van der Waals surface area contributed by atoms with Crippen molar-refractivity contribution >= 4 is 39.7 Å². The van der Waals surface area contributed by atoms with Crippen molar-refractivity contribution in [2.24, 2.45) is 0 Å². The summed E-state index contributed by atoms with van der Waals surface area (Å²) in [7, 11) is 0. The van der Waals surface area contributed by atoms with Gasteiger partial charge in [0.05, 0.1) is 16.3 Å². The molecule has 0 atom stereocenters. The molecular weight excluding hydrogens is 308 g/mol. The molecule has 2 aromatic heterocycles. The van der Waals surface area contributed by atoms with E-state index in [1.165, 1.54) is 11.3 Å². The first kappa shape index (κ1) is 14.3. The van der Waals surface area contributed by atoms with Crippen LogP contribution in [-0.2, 0) is 12.8 Å². The van der Waals surface area contributed by atoms with E-state index in [2.05, 4.69) is 19.9 Å². The fourth-order valence-electron chi connectivity index (χ4n) is 2.26. The molecule has 0 bridgehead atoms. The highest BCUT2D eigenvalue weighted by molar-refractivity contribution is 7.18. The van der Waals surface area contributed by atoms with Crippen LogP contribution in [0.4, 0.5) is 5.13 Å². The second-order valence-corrected chi connectivity index (χ2v) is 6.58. The number of Topliss-reactive ketones (excluding diaryl/α,β-unsaturated/α-hetero) is 1. The topological polar surface area (TPSA) is 84.8 Å². The summed E-state index contributed by atoms with van der Waals surface area (Å²) in [6.45, 7) is 2.03. The Hall–Kier alpha value is -1.67. The Morgan fingerprint density at radius 1 is 1.38 bits per heavy atom. The molecule has 6 nitrogen and oxygen atoms in total. The molecule has 2 aromatic rings. The van der Waals surface area contributed by atoms with E-state index < -0.39 is 0 Å². The number of aryl methyl sites for hydroxylation is 2. The number of nitrogens with zero attached hydrogens (tertiary/aromatic N) is 3. The summed E-state index contributed by atoms with van der Waals surface area (Å²) >= 11 is 2.35. The first-order valence-corrected chi connectivity index (χ1v) is 8.43. The maximum Gasteiger partial charge on any atom is 0.271 e. The van der Waals surface area contributed by atoms with E-state index in [0.29, 0.717) is 21.3 Å². The number of aromatic nitrogens is 3. The lowest BCUT2D eigenvalue weighted by Gasteiger charge is -2.05. The zero-order chi connectivity index (χ0) is 14.8. The maximum absolute atomic E-state index is 12.3. The third kappa shape index (κ3) is 2.86. The number of hydrogen-bond donors (Lipinski definition) is 1. The van der Waals surface area contributed by atoms with E-state index in [-0.39, 0.29) is 11.7 Å². The molecule has 3 rings (SSSR count). The Bertz CT molecular complexity index is 692. The van der Waals surface area contributed by atoms with E-state index in [1.807, 2.05) is 6.92 Å². The van der Waals surface area contributed by atoms with Gasteiger partial charge in [0, 0.05) is 6.42 Å². The number of anilines is 1. The van der Waals surface area contributed by atoms with Gasteiger partial charge < -0.3 is 0 Å². The molecule has 1 aliphatic carbocycles. The number of ketones is 1. The normalized spacial score (nSPS) is 14.0. The summed E-state index contributed by atoms with van der Waals surface area (Å²) in [6.07, 6.45) is 3.85. The molecule has 110 valence electrons. The number of thiazole rings is 1. The van der Waals surface area contributed by atoms with Crippen molar-refractivity contribution in [2.45, 2.75) is 39.0 Å². The van der Waals surface area contributed by atoms with Crippen LogP contribution in [0.15, 0.2) is 0 Å². The number of nitrogens with one attached hydrogen (secondary N) is 1. The van der Waals surface area contributed by atoms with Crippen LogP contribution in [0.3, 0.4) is 0 Å². The van der Waals surface area contributed by atoms with Crippen molar-refractivity contribution in [3.8, 4) is 0 Å². The number of carbonyl (C=O) groups excluding carboxylic acids is 2. The van der Waals surface area contributed by atoms with Crippen molar-refractivity contribution in [1.82, 2.24) is 14.6 Å². The number of carbonyl (C=O) groups is 2. The molecule has 1 N–H and O–H groups in total.